The first kappa shape index (κ1) is 23.5. The number of rotatable bonds is 7. The zero-order chi connectivity index (χ0) is 24.9. The van der Waals surface area contributed by atoms with Gasteiger partial charge in [-0.2, -0.15) is 0 Å². The molecular weight excluding hydrogens is 450 g/mol. The maximum atomic E-state index is 13.1. The molecule has 3 aromatic rings. The minimum absolute atomic E-state index is 0.117. The predicted molar refractivity (Wildman–Crippen MR) is 129 cm³/mol. The van der Waals surface area contributed by atoms with Gasteiger partial charge >= 0.3 is 5.97 Å². The third-order valence-electron chi connectivity index (χ3n) is 5.57. The summed E-state index contributed by atoms with van der Waals surface area (Å²) in [6, 6.07) is 18.9. The fraction of sp³-hybridized carbons (Fsp3) is 0.154. The maximum absolute atomic E-state index is 13.1. The SMILES string of the molecule is COc1cccc(C(=O)N2CC(=O)Nc3cc(C(=O)NC(Cc4ccccc4)C(=O)O)ccc32)c1. The van der Waals surface area contributed by atoms with Gasteiger partial charge in [0.15, 0.2) is 0 Å². The molecular formula is C26H23N3O6. The third-order valence-corrected chi connectivity index (χ3v) is 5.57. The van der Waals surface area contributed by atoms with E-state index in [2.05, 4.69) is 10.6 Å². The van der Waals surface area contributed by atoms with E-state index in [1.165, 1.54) is 24.1 Å². The molecule has 0 spiro atoms. The Morgan fingerprint density at radius 3 is 2.51 bits per heavy atom. The van der Waals surface area contributed by atoms with Crippen molar-refractivity contribution in [2.24, 2.45) is 0 Å². The van der Waals surface area contributed by atoms with Crippen molar-refractivity contribution in [1.82, 2.24) is 5.32 Å². The van der Waals surface area contributed by atoms with Crippen LogP contribution in [0.3, 0.4) is 0 Å². The van der Waals surface area contributed by atoms with Crippen LogP contribution in [0.1, 0.15) is 26.3 Å². The normalized spacial score (nSPS) is 13.3. The highest BCUT2D eigenvalue weighted by atomic mass is 16.5. The number of fused-ring (bicyclic) bond motifs is 1. The molecule has 1 heterocycles. The number of hydrogen-bond acceptors (Lipinski definition) is 5. The summed E-state index contributed by atoms with van der Waals surface area (Å²) in [5, 5.41) is 14.8. The molecule has 9 heteroatoms. The van der Waals surface area contributed by atoms with Crippen molar-refractivity contribution < 1.29 is 29.0 Å². The molecule has 0 saturated heterocycles. The largest absolute Gasteiger partial charge is 0.497 e. The summed E-state index contributed by atoms with van der Waals surface area (Å²) < 4.78 is 5.17. The number of carboxylic acid groups (broad SMARTS) is 1. The van der Waals surface area contributed by atoms with Gasteiger partial charge in [0.05, 0.1) is 18.5 Å². The lowest BCUT2D eigenvalue weighted by molar-refractivity contribution is -0.139. The maximum Gasteiger partial charge on any atom is 0.326 e. The average molecular weight is 473 g/mol. The van der Waals surface area contributed by atoms with Crippen LogP contribution in [0, 0.1) is 0 Å². The number of carbonyl (C=O) groups excluding carboxylic acids is 3. The number of aliphatic carboxylic acids is 1. The van der Waals surface area contributed by atoms with Gasteiger partial charge < -0.3 is 20.5 Å². The Kier molecular flexibility index (Phi) is 6.77. The van der Waals surface area contributed by atoms with E-state index in [1.54, 1.807) is 54.6 Å². The number of ether oxygens (including phenoxy) is 1. The molecule has 0 fully saturated rings. The molecule has 1 aliphatic rings. The molecule has 0 radical (unpaired) electrons. The van der Waals surface area contributed by atoms with Crippen LogP contribution in [0.15, 0.2) is 72.8 Å². The zero-order valence-corrected chi connectivity index (χ0v) is 18.9. The summed E-state index contributed by atoms with van der Waals surface area (Å²) in [5.41, 5.74) is 1.97. The standard InChI is InChI=1S/C26H23N3O6/c1-35-19-9-5-8-18(13-19)25(32)29-15-23(30)27-20-14-17(10-11-22(20)29)24(31)28-21(26(33)34)12-16-6-3-2-4-7-16/h2-11,13-14,21H,12,15H2,1H3,(H,27,30)(H,28,31)(H,33,34). The first-order valence-electron chi connectivity index (χ1n) is 10.8. The summed E-state index contributed by atoms with van der Waals surface area (Å²) in [6.07, 6.45) is 0.117. The van der Waals surface area contributed by atoms with Gasteiger partial charge in [0, 0.05) is 17.5 Å². The molecule has 3 amide bonds. The first-order chi connectivity index (χ1) is 16.9. The molecule has 0 bridgehead atoms. The Labute approximate surface area is 201 Å². The highest BCUT2D eigenvalue weighted by Crippen LogP contribution is 2.32. The van der Waals surface area contributed by atoms with Crippen LogP contribution < -0.4 is 20.3 Å². The molecule has 1 atom stereocenters. The highest BCUT2D eigenvalue weighted by Gasteiger charge is 2.29. The van der Waals surface area contributed by atoms with Crippen molar-refractivity contribution in [3.8, 4) is 5.75 Å². The summed E-state index contributed by atoms with van der Waals surface area (Å²) in [7, 11) is 1.49. The molecule has 4 rings (SSSR count). The smallest absolute Gasteiger partial charge is 0.326 e. The Balaban J connectivity index is 1.56. The molecule has 9 nitrogen and oxygen atoms in total. The van der Waals surface area contributed by atoms with E-state index in [0.717, 1.165) is 5.56 Å². The van der Waals surface area contributed by atoms with Gasteiger partial charge in [-0.1, -0.05) is 36.4 Å². The van der Waals surface area contributed by atoms with E-state index in [1.807, 2.05) is 6.07 Å². The number of anilines is 2. The summed E-state index contributed by atoms with van der Waals surface area (Å²) >= 11 is 0. The van der Waals surface area contributed by atoms with Crippen LogP contribution >= 0.6 is 0 Å². The van der Waals surface area contributed by atoms with Gasteiger partial charge in [0.25, 0.3) is 11.8 Å². The van der Waals surface area contributed by atoms with Crippen molar-refractivity contribution in [2.45, 2.75) is 12.5 Å². The van der Waals surface area contributed by atoms with Gasteiger partial charge in [0.2, 0.25) is 5.91 Å². The second-order valence-electron chi connectivity index (χ2n) is 7.96. The van der Waals surface area contributed by atoms with Gasteiger partial charge in [-0.05, 0) is 42.0 Å². The number of nitrogens with zero attached hydrogens (tertiary/aromatic N) is 1. The number of amides is 3. The first-order valence-corrected chi connectivity index (χ1v) is 10.8. The number of nitrogens with one attached hydrogen (secondary N) is 2. The molecule has 178 valence electrons. The van der Waals surface area contributed by atoms with Crippen LogP contribution in [0.25, 0.3) is 0 Å². The Bertz CT molecular complexity index is 1290. The Morgan fingerprint density at radius 1 is 1.03 bits per heavy atom. The van der Waals surface area contributed by atoms with Gasteiger partial charge in [-0.25, -0.2) is 4.79 Å². The van der Waals surface area contributed by atoms with Gasteiger partial charge in [-0.3, -0.25) is 19.3 Å². The van der Waals surface area contributed by atoms with Crippen molar-refractivity contribution in [3.63, 3.8) is 0 Å². The fourth-order valence-electron chi connectivity index (χ4n) is 3.82. The average Bonchev–Trinajstić information content (AvgIpc) is 2.87. The second-order valence-corrected chi connectivity index (χ2v) is 7.96. The second kappa shape index (κ2) is 10.1. The number of carbonyl (C=O) groups is 4. The Hall–Kier alpha value is -4.66. The zero-order valence-electron chi connectivity index (χ0n) is 18.9. The van der Waals surface area contributed by atoms with Crippen molar-refractivity contribution in [3.05, 3.63) is 89.5 Å². The third kappa shape index (κ3) is 5.30. The molecule has 35 heavy (non-hydrogen) atoms. The number of hydrogen-bond donors (Lipinski definition) is 3. The monoisotopic (exact) mass is 473 g/mol. The van der Waals surface area contributed by atoms with Crippen LogP contribution in [0.2, 0.25) is 0 Å². The highest BCUT2D eigenvalue weighted by molar-refractivity contribution is 6.16. The van der Waals surface area contributed by atoms with E-state index in [9.17, 15) is 24.3 Å². The Morgan fingerprint density at radius 2 is 1.80 bits per heavy atom. The predicted octanol–water partition coefficient (Wildman–Crippen LogP) is 2.72. The minimum Gasteiger partial charge on any atom is -0.497 e. The topological polar surface area (TPSA) is 125 Å². The number of methoxy groups -OCH3 is 1. The summed E-state index contributed by atoms with van der Waals surface area (Å²) in [6.45, 7) is -0.188. The molecule has 0 saturated carbocycles. The summed E-state index contributed by atoms with van der Waals surface area (Å²) in [4.78, 5) is 51.4. The van der Waals surface area contributed by atoms with E-state index in [4.69, 9.17) is 4.74 Å². The minimum atomic E-state index is -1.16. The van der Waals surface area contributed by atoms with Crippen molar-refractivity contribution in [2.75, 3.05) is 23.9 Å². The fourth-order valence-corrected chi connectivity index (χ4v) is 3.82. The quantitative estimate of drug-likeness (QED) is 0.485. The van der Waals surface area contributed by atoms with Crippen molar-refractivity contribution in [1.29, 1.82) is 0 Å². The number of benzene rings is 3. The van der Waals surface area contributed by atoms with Crippen LogP contribution in [0.4, 0.5) is 11.4 Å². The lowest BCUT2D eigenvalue weighted by atomic mass is 10.0. The molecule has 3 N–H and O–H groups in total. The molecule has 3 aromatic carbocycles. The summed E-state index contributed by atoms with van der Waals surface area (Å²) in [5.74, 6) is -2.08. The molecule has 0 aromatic heterocycles. The van der Waals surface area contributed by atoms with E-state index in [-0.39, 0.29) is 24.2 Å². The molecule has 0 aliphatic carbocycles. The van der Waals surface area contributed by atoms with Crippen molar-refractivity contribution >= 4 is 35.1 Å². The number of carboxylic acids is 1. The van der Waals surface area contributed by atoms with E-state index >= 15 is 0 Å². The van der Waals surface area contributed by atoms with Crippen LogP contribution in [-0.2, 0) is 16.0 Å². The molecule has 1 aliphatic heterocycles. The van der Waals surface area contributed by atoms with Crippen LogP contribution in [0.5, 0.6) is 5.75 Å². The van der Waals surface area contributed by atoms with Gasteiger partial charge in [-0.15, -0.1) is 0 Å². The van der Waals surface area contributed by atoms with Gasteiger partial charge in [0.1, 0.15) is 18.3 Å². The van der Waals surface area contributed by atoms with E-state index in [0.29, 0.717) is 17.0 Å². The lowest BCUT2D eigenvalue weighted by Gasteiger charge is -2.29. The van der Waals surface area contributed by atoms with Crippen LogP contribution in [-0.4, -0.2) is 48.5 Å². The molecule has 1 unspecified atom stereocenters. The lowest BCUT2D eigenvalue weighted by Crippen LogP contribution is -2.43. The van der Waals surface area contributed by atoms with E-state index < -0.39 is 29.7 Å².